The van der Waals surface area contributed by atoms with Gasteiger partial charge in [0.05, 0.1) is 25.3 Å². The average Bonchev–Trinajstić information content (AvgIpc) is 3.38. The molecule has 0 unspecified atom stereocenters. The van der Waals surface area contributed by atoms with Gasteiger partial charge in [-0.1, -0.05) is 12.1 Å². The number of aromatic amines is 1. The van der Waals surface area contributed by atoms with Crippen molar-refractivity contribution in [3.05, 3.63) is 48.5 Å². The van der Waals surface area contributed by atoms with Crippen LogP contribution >= 0.6 is 0 Å². The lowest BCUT2D eigenvalue weighted by molar-refractivity contribution is 0.0753. The molecule has 4 rings (SSSR count). The largest absolute Gasteiger partial charge is 0.497 e. The zero-order valence-corrected chi connectivity index (χ0v) is 18.2. The van der Waals surface area contributed by atoms with Crippen LogP contribution in [0.1, 0.15) is 16.9 Å². The minimum atomic E-state index is -3.65. The Balaban J connectivity index is 1.51. The standard InChI is InChI=1S/C20H24N6O4S/c1-24-18(12-17(23-24)15-5-3-6-16(11-15)30-2)20(27)25-7-4-8-26(10-9-25)31(28,29)19-13-21-14-22-19/h3,5-6,11-14H,4,7-10H2,1-2H3,(H,21,22). The molecule has 2 aromatic heterocycles. The van der Waals surface area contributed by atoms with E-state index in [1.54, 1.807) is 29.8 Å². The molecule has 3 aromatic rings. The first-order valence-electron chi connectivity index (χ1n) is 9.86. The molecule has 31 heavy (non-hydrogen) atoms. The Morgan fingerprint density at radius 3 is 2.74 bits per heavy atom. The van der Waals surface area contributed by atoms with Gasteiger partial charge in [-0.2, -0.15) is 9.40 Å². The quantitative estimate of drug-likeness (QED) is 0.636. The number of hydrogen-bond acceptors (Lipinski definition) is 6. The number of nitrogens with one attached hydrogen (secondary N) is 1. The lowest BCUT2D eigenvalue weighted by Crippen LogP contribution is -2.38. The molecule has 1 N–H and O–H groups in total. The Kier molecular flexibility index (Phi) is 5.79. The summed E-state index contributed by atoms with van der Waals surface area (Å²) in [4.78, 5) is 21.3. The number of ether oxygens (including phenoxy) is 1. The minimum absolute atomic E-state index is 0.0573. The van der Waals surface area contributed by atoms with Gasteiger partial charge in [-0.3, -0.25) is 9.48 Å². The number of benzene rings is 1. The Labute approximate surface area is 180 Å². The fourth-order valence-corrected chi connectivity index (χ4v) is 4.98. The average molecular weight is 445 g/mol. The normalized spacial score (nSPS) is 15.6. The van der Waals surface area contributed by atoms with Gasteiger partial charge in [-0.15, -0.1) is 0 Å². The molecule has 1 amide bonds. The highest BCUT2D eigenvalue weighted by Gasteiger charge is 2.30. The second-order valence-corrected chi connectivity index (χ2v) is 9.14. The van der Waals surface area contributed by atoms with Crippen LogP contribution in [0.25, 0.3) is 11.3 Å². The number of imidazole rings is 1. The molecule has 11 heteroatoms. The second kappa shape index (κ2) is 8.52. The van der Waals surface area contributed by atoms with Gasteiger partial charge in [0.1, 0.15) is 11.4 Å². The van der Waals surface area contributed by atoms with Crippen LogP contribution in [0.4, 0.5) is 0 Å². The number of hydrogen-bond donors (Lipinski definition) is 1. The number of H-pyrrole nitrogens is 1. The number of nitrogens with zero attached hydrogens (tertiary/aromatic N) is 5. The van der Waals surface area contributed by atoms with Crippen molar-refractivity contribution in [1.29, 1.82) is 0 Å². The molecule has 0 bridgehead atoms. The van der Waals surface area contributed by atoms with Gasteiger partial charge < -0.3 is 14.6 Å². The highest BCUT2D eigenvalue weighted by atomic mass is 32.2. The number of rotatable bonds is 5. The number of aromatic nitrogens is 4. The van der Waals surface area contributed by atoms with Gasteiger partial charge in [0.25, 0.3) is 15.9 Å². The molecule has 10 nitrogen and oxygen atoms in total. The molecule has 3 heterocycles. The molecule has 0 radical (unpaired) electrons. The van der Waals surface area contributed by atoms with Crippen LogP contribution < -0.4 is 4.74 Å². The number of sulfonamides is 1. The predicted molar refractivity (Wildman–Crippen MR) is 113 cm³/mol. The molecular formula is C20H24N6O4S. The van der Waals surface area contributed by atoms with Gasteiger partial charge in [-0.05, 0) is 24.6 Å². The zero-order valence-electron chi connectivity index (χ0n) is 17.4. The van der Waals surface area contributed by atoms with E-state index < -0.39 is 10.0 Å². The van der Waals surface area contributed by atoms with Crippen molar-refractivity contribution in [3.63, 3.8) is 0 Å². The summed E-state index contributed by atoms with van der Waals surface area (Å²) in [6.45, 7) is 1.32. The van der Waals surface area contributed by atoms with E-state index in [9.17, 15) is 13.2 Å². The molecule has 1 fully saturated rings. The van der Waals surface area contributed by atoms with Gasteiger partial charge in [0, 0.05) is 38.8 Å². The van der Waals surface area contributed by atoms with Crippen molar-refractivity contribution in [3.8, 4) is 17.0 Å². The highest BCUT2D eigenvalue weighted by Crippen LogP contribution is 2.24. The molecule has 0 spiro atoms. The zero-order chi connectivity index (χ0) is 22.0. The van der Waals surface area contributed by atoms with Gasteiger partial charge in [-0.25, -0.2) is 13.4 Å². The topological polar surface area (TPSA) is 113 Å². The Morgan fingerprint density at radius 1 is 1.16 bits per heavy atom. The lowest BCUT2D eigenvalue weighted by Gasteiger charge is -2.21. The maximum atomic E-state index is 13.2. The summed E-state index contributed by atoms with van der Waals surface area (Å²) in [6.07, 6.45) is 3.17. The van der Waals surface area contributed by atoms with E-state index in [2.05, 4.69) is 15.1 Å². The summed E-state index contributed by atoms with van der Waals surface area (Å²) in [5.41, 5.74) is 1.97. The summed E-state index contributed by atoms with van der Waals surface area (Å²) in [5.74, 6) is 0.534. The summed E-state index contributed by atoms with van der Waals surface area (Å²) >= 11 is 0. The van der Waals surface area contributed by atoms with Crippen LogP contribution in [0.15, 0.2) is 47.9 Å². The number of aryl methyl sites for hydroxylation is 1. The third kappa shape index (κ3) is 4.19. The number of carbonyl (C=O) groups is 1. The summed E-state index contributed by atoms with van der Waals surface area (Å²) in [7, 11) is -0.330. The summed E-state index contributed by atoms with van der Waals surface area (Å²) in [5, 5.41) is 4.54. The SMILES string of the molecule is COc1cccc(-c2cc(C(=O)N3CCCN(S(=O)(=O)c4cnc[nH]4)CC3)n(C)n2)c1. The molecular weight excluding hydrogens is 420 g/mol. The molecule has 1 aromatic carbocycles. The molecule has 0 aliphatic carbocycles. The summed E-state index contributed by atoms with van der Waals surface area (Å²) < 4.78 is 33.7. The van der Waals surface area contributed by atoms with E-state index in [0.29, 0.717) is 43.2 Å². The monoisotopic (exact) mass is 444 g/mol. The molecule has 0 atom stereocenters. The first-order valence-corrected chi connectivity index (χ1v) is 11.3. The fraction of sp³-hybridized carbons (Fsp3) is 0.350. The highest BCUT2D eigenvalue weighted by molar-refractivity contribution is 7.89. The fourth-order valence-electron chi connectivity index (χ4n) is 3.61. The third-order valence-corrected chi connectivity index (χ3v) is 7.12. The molecule has 1 saturated heterocycles. The van der Waals surface area contributed by atoms with E-state index in [1.807, 2.05) is 24.3 Å². The van der Waals surface area contributed by atoms with E-state index >= 15 is 0 Å². The van der Waals surface area contributed by atoms with Crippen LogP contribution in [-0.4, -0.2) is 76.6 Å². The van der Waals surface area contributed by atoms with Gasteiger partial charge in [0.15, 0.2) is 5.03 Å². The first kappa shape index (κ1) is 21.1. The van der Waals surface area contributed by atoms with Crippen molar-refractivity contribution < 1.29 is 17.9 Å². The lowest BCUT2D eigenvalue weighted by atomic mass is 10.1. The molecule has 1 aliphatic heterocycles. The Bertz CT molecular complexity index is 1170. The van der Waals surface area contributed by atoms with E-state index in [0.717, 1.165) is 5.56 Å². The number of methoxy groups -OCH3 is 1. The second-order valence-electron chi connectivity index (χ2n) is 7.24. The van der Waals surface area contributed by atoms with Gasteiger partial charge >= 0.3 is 0 Å². The van der Waals surface area contributed by atoms with E-state index in [1.165, 1.54) is 16.8 Å². The van der Waals surface area contributed by atoms with Crippen LogP contribution in [0.5, 0.6) is 5.75 Å². The number of carbonyl (C=O) groups excluding carboxylic acids is 1. The van der Waals surface area contributed by atoms with Crippen molar-refractivity contribution in [2.45, 2.75) is 11.4 Å². The molecule has 0 saturated carbocycles. The Hall–Kier alpha value is -3.18. The van der Waals surface area contributed by atoms with Gasteiger partial charge in [0.2, 0.25) is 0 Å². The summed E-state index contributed by atoms with van der Waals surface area (Å²) in [6, 6.07) is 9.23. The molecule has 1 aliphatic rings. The number of amides is 1. The van der Waals surface area contributed by atoms with Crippen LogP contribution in [-0.2, 0) is 17.1 Å². The van der Waals surface area contributed by atoms with Crippen LogP contribution in [0.3, 0.4) is 0 Å². The minimum Gasteiger partial charge on any atom is -0.497 e. The van der Waals surface area contributed by atoms with Crippen molar-refractivity contribution in [1.82, 2.24) is 29.0 Å². The maximum Gasteiger partial charge on any atom is 0.272 e. The smallest absolute Gasteiger partial charge is 0.272 e. The third-order valence-electron chi connectivity index (χ3n) is 5.30. The first-order chi connectivity index (χ1) is 14.9. The van der Waals surface area contributed by atoms with Crippen LogP contribution in [0, 0.1) is 0 Å². The van der Waals surface area contributed by atoms with Crippen molar-refractivity contribution in [2.75, 3.05) is 33.3 Å². The predicted octanol–water partition coefficient (Wildman–Crippen LogP) is 1.36. The van der Waals surface area contributed by atoms with E-state index in [-0.39, 0.29) is 17.5 Å². The van der Waals surface area contributed by atoms with Crippen molar-refractivity contribution >= 4 is 15.9 Å². The maximum absolute atomic E-state index is 13.2. The Morgan fingerprint density at radius 2 is 2.00 bits per heavy atom. The molecule has 164 valence electrons. The van der Waals surface area contributed by atoms with E-state index in [4.69, 9.17) is 4.74 Å². The van der Waals surface area contributed by atoms with Crippen molar-refractivity contribution in [2.24, 2.45) is 7.05 Å². The van der Waals surface area contributed by atoms with Crippen LogP contribution in [0.2, 0.25) is 0 Å².